The van der Waals surface area contributed by atoms with E-state index < -0.39 is 75.2 Å². The maximum atomic E-state index is 11.1. The van der Waals surface area contributed by atoms with Gasteiger partial charge in [0.2, 0.25) is 0 Å². The number of nitrogens with zero attached hydrogens (tertiary/aromatic N) is 6. The van der Waals surface area contributed by atoms with E-state index in [0.29, 0.717) is 24.3 Å². The van der Waals surface area contributed by atoms with Crippen molar-refractivity contribution in [2.24, 2.45) is 0 Å². The van der Waals surface area contributed by atoms with E-state index in [9.17, 15) is 70.9 Å². The Morgan fingerprint density at radius 3 is 0.727 bits per heavy atom. The number of hydrogen-bond acceptors (Lipinski definition) is 14. The van der Waals surface area contributed by atoms with Gasteiger partial charge in [-0.25, -0.2) is 0 Å². The monoisotopic (exact) mass is 515 g/mol. The first kappa shape index (κ1) is 27.9. The van der Waals surface area contributed by atoms with Crippen molar-refractivity contribution in [2.45, 2.75) is 0 Å². The molecule has 0 unspecified atom stereocenters. The van der Waals surface area contributed by atoms with Crippen LogP contribution in [-0.2, 0) is 16.8 Å². The minimum absolute atomic E-state index is 0. The van der Waals surface area contributed by atoms with Crippen molar-refractivity contribution in [3.05, 3.63) is 85.0 Å². The molecule has 0 saturated heterocycles. The van der Waals surface area contributed by atoms with Crippen molar-refractivity contribution in [3.63, 3.8) is 0 Å². The Bertz CT molecular complexity index is 1020. The predicted octanol–water partition coefficient (Wildman–Crippen LogP) is 0.967. The molecule has 0 fully saturated rings. The van der Waals surface area contributed by atoms with Gasteiger partial charge in [-0.1, -0.05) is 0 Å². The average molecular weight is 515 g/mol. The molecule has 175 valence electrons. The van der Waals surface area contributed by atoms with Crippen LogP contribution in [0.5, 0.6) is 11.5 Å². The van der Waals surface area contributed by atoms with Gasteiger partial charge in [-0.3, -0.25) is 60.7 Å². The Labute approximate surface area is 187 Å². The fourth-order valence-corrected chi connectivity index (χ4v) is 1.92. The van der Waals surface area contributed by atoms with Crippen LogP contribution in [0, 0.1) is 60.7 Å². The van der Waals surface area contributed by atoms with Gasteiger partial charge in [-0.2, -0.15) is 0 Å². The minimum atomic E-state index is -1.46. The number of nitro groups is 6. The predicted molar refractivity (Wildman–Crippen MR) is 91.7 cm³/mol. The summed E-state index contributed by atoms with van der Waals surface area (Å²) in [6.45, 7) is 0. The molecule has 0 N–H and O–H groups in total. The molecule has 2 rings (SSSR count). The third kappa shape index (κ3) is 6.46. The van der Waals surface area contributed by atoms with E-state index in [1.807, 2.05) is 0 Å². The first-order chi connectivity index (χ1) is 14.7. The van der Waals surface area contributed by atoms with E-state index in [2.05, 4.69) is 0 Å². The summed E-state index contributed by atoms with van der Waals surface area (Å²) >= 11 is 0. The second-order valence-corrected chi connectivity index (χ2v) is 5.17. The molecule has 33 heavy (non-hydrogen) atoms. The molecule has 2 aromatic rings. The van der Waals surface area contributed by atoms with Crippen molar-refractivity contribution in [2.75, 3.05) is 0 Å². The minimum Gasteiger partial charge on any atom is -0.863 e. The molecular weight excluding hydrogens is 511 g/mol. The van der Waals surface area contributed by atoms with Crippen molar-refractivity contribution in [1.82, 2.24) is 0 Å². The number of benzene rings is 2. The molecule has 0 atom stereocenters. The maximum Gasteiger partial charge on any atom is 2.00 e. The van der Waals surface area contributed by atoms with Gasteiger partial charge in [0.05, 0.1) is 65.3 Å². The summed E-state index contributed by atoms with van der Waals surface area (Å²) in [5.74, 6) is -2.92. The molecule has 21 heteroatoms. The van der Waals surface area contributed by atoms with Gasteiger partial charge in [-0.05, 0) is 0 Å². The second kappa shape index (κ2) is 10.8. The molecule has 1 radical (unpaired) electrons. The molecule has 0 aromatic heterocycles. The van der Waals surface area contributed by atoms with Gasteiger partial charge in [0.1, 0.15) is 0 Å². The van der Waals surface area contributed by atoms with Crippen molar-refractivity contribution < 1.29 is 56.5 Å². The van der Waals surface area contributed by atoms with Crippen molar-refractivity contribution in [1.29, 1.82) is 0 Å². The van der Waals surface area contributed by atoms with Crippen molar-refractivity contribution in [3.8, 4) is 11.5 Å². The van der Waals surface area contributed by atoms with Gasteiger partial charge in [0.15, 0.2) is 0 Å². The normalized spacial score (nSPS) is 9.45. The van der Waals surface area contributed by atoms with E-state index in [-0.39, 0.29) is 16.8 Å². The summed E-state index contributed by atoms with van der Waals surface area (Å²) in [6, 6.07) is 1.54. The molecule has 0 spiro atoms. The smallest absolute Gasteiger partial charge is 0.863 e. The first-order valence-corrected chi connectivity index (χ1v) is 7.25. The van der Waals surface area contributed by atoms with Gasteiger partial charge >= 0.3 is 16.8 Å². The summed E-state index contributed by atoms with van der Waals surface area (Å²) in [5.41, 5.74) is -6.53. The number of rotatable bonds is 6. The molecule has 0 bridgehead atoms. The fourth-order valence-electron chi connectivity index (χ4n) is 1.92. The Kier molecular flexibility index (Phi) is 9.16. The average Bonchev–Trinajstić information content (AvgIpc) is 2.67. The second-order valence-electron chi connectivity index (χ2n) is 5.17. The van der Waals surface area contributed by atoms with Crippen LogP contribution in [0.15, 0.2) is 24.3 Å². The standard InChI is InChI=1S/2C6H3N3O7.Co/c2*10-6-4(8(13)14)1-3(7(11)12)2-5(6)9(15)16;/h2*1-2,10H;/q;;+2/p-2. The van der Waals surface area contributed by atoms with Crippen LogP contribution in [0.4, 0.5) is 34.1 Å². The zero-order chi connectivity index (χ0) is 24.9. The van der Waals surface area contributed by atoms with E-state index in [1.165, 1.54) is 0 Å². The van der Waals surface area contributed by atoms with Gasteiger partial charge < -0.3 is 10.2 Å². The van der Waals surface area contributed by atoms with E-state index in [0.717, 1.165) is 0 Å². The molecule has 0 amide bonds. The Morgan fingerprint density at radius 2 is 0.606 bits per heavy atom. The third-order valence-electron chi connectivity index (χ3n) is 3.28. The molecular formula is C12H4CoN6O14. The molecule has 0 saturated carbocycles. The summed E-state index contributed by atoms with van der Waals surface area (Å²) in [4.78, 5) is 55.0. The molecule has 20 nitrogen and oxygen atoms in total. The Hall–Kier alpha value is -5.05. The quantitative estimate of drug-likeness (QED) is 0.382. The summed E-state index contributed by atoms with van der Waals surface area (Å²) in [5, 5.41) is 84.2. The number of hydrogen-bond donors (Lipinski definition) is 0. The third-order valence-corrected chi connectivity index (χ3v) is 3.28. The SMILES string of the molecule is O=[N+]([O-])c1cc([N+](=O)[O-])c([O-])c([N+](=O)[O-])c1.O=[N+]([O-])c1cc([N+](=O)[O-])c([O-])c([N+](=O)[O-])c1.[Co+2]. The maximum absolute atomic E-state index is 11.1. The first-order valence-electron chi connectivity index (χ1n) is 7.25. The van der Waals surface area contributed by atoms with Crippen LogP contribution in [-0.4, -0.2) is 29.5 Å². The largest absolute Gasteiger partial charge is 2.00 e. The molecule has 2 aromatic carbocycles. The van der Waals surface area contributed by atoms with Crippen LogP contribution in [0.3, 0.4) is 0 Å². The van der Waals surface area contributed by atoms with Gasteiger partial charge in [0, 0.05) is 0 Å². The Morgan fingerprint density at radius 1 is 0.424 bits per heavy atom. The molecule has 0 heterocycles. The van der Waals surface area contributed by atoms with E-state index in [4.69, 9.17) is 0 Å². The van der Waals surface area contributed by atoms with Crippen LogP contribution >= 0.6 is 0 Å². The number of non-ortho nitro benzene ring substituents is 2. The van der Waals surface area contributed by atoms with Crippen LogP contribution in [0.25, 0.3) is 0 Å². The summed E-state index contributed by atoms with van der Waals surface area (Å²) < 4.78 is 0. The summed E-state index contributed by atoms with van der Waals surface area (Å²) in [7, 11) is 0. The van der Waals surface area contributed by atoms with Crippen molar-refractivity contribution >= 4 is 34.1 Å². The van der Waals surface area contributed by atoms with Gasteiger partial charge in [0.25, 0.3) is 34.1 Å². The van der Waals surface area contributed by atoms with E-state index in [1.54, 1.807) is 0 Å². The van der Waals surface area contributed by atoms with Crippen LogP contribution in [0.1, 0.15) is 0 Å². The van der Waals surface area contributed by atoms with E-state index >= 15 is 0 Å². The zero-order valence-electron chi connectivity index (χ0n) is 15.0. The molecule has 0 aliphatic carbocycles. The van der Waals surface area contributed by atoms with Crippen LogP contribution in [0.2, 0.25) is 0 Å². The Balaban J connectivity index is 0.000000602. The molecule has 0 aliphatic rings. The summed E-state index contributed by atoms with van der Waals surface area (Å²) in [6.07, 6.45) is 0. The topological polar surface area (TPSA) is 305 Å². The zero-order valence-corrected chi connectivity index (χ0v) is 16.1. The fraction of sp³-hybridized carbons (Fsp3) is 0. The number of nitro benzene ring substituents is 6. The van der Waals surface area contributed by atoms with Gasteiger partial charge in [-0.15, -0.1) is 0 Å². The molecule has 0 aliphatic heterocycles. The van der Waals surface area contributed by atoms with Crippen LogP contribution < -0.4 is 10.2 Å².